The first-order chi connectivity index (χ1) is 7.34. The Morgan fingerprint density at radius 3 is 2.50 bits per heavy atom. The van der Waals surface area contributed by atoms with Gasteiger partial charge in [-0.25, -0.2) is 0 Å². The first-order valence-electron chi connectivity index (χ1n) is 5.75. The third-order valence-electron chi connectivity index (χ3n) is 2.66. The molecule has 2 atom stereocenters. The van der Waals surface area contributed by atoms with E-state index in [1.54, 1.807) is 0 Å². The largest absolute Gasteiger partial charge is 0.327 e. The van der Waals surface area contributed by atoms with Crippen molar-refractivity contribution in [3.8, 4) is 0 Å². The van der Waals surface area contributed by atoms with Gasteiger partial charge in [0, 0.05) is 29.4 Å². The number of thioether (sulfide) groups is 1. The summed E-state index contributed by atoms with van der Waals surface area (Å²) in [6.45, 7) is 8.89. The summed E-state index contributed by atoms with van der Waals surface area (Å²) >= 11 is 1.84. The molecule has 2 N–H and O–H groups in total. The molecule has 2 unspecified atom stereocenters. The molecule has 1 aromatic rings. The summed E-state index contributed by atoms with van der Waals surface area (Å²) in [7, 11) is 1.94. The second-order valence-corrected chi connectivity index (χ2v) is 6.54. The van der Waals surface area contributed by atoms with Crippen molar-refractivity contribution in [1.29, 1.82) is 0 Å². The van der Waals surface area contributed by atoms with Crippen molar-refractivity contribution in [3.05, 3.63) is 12.4 Å². The van der Waals surface area contributed by atoms with Gasteiger partial charge < -0.3 is 5.73 Å². The minimum Gasteiger partial charge on any atom is -0.327 e. The second kappa shape index (κ2) is 5.23. The minimum atomic E-state index is 0.204. The smallest absolute Gasteiger partial charge is 0.0625 e. The van der Waals surface area contributed by atoms with Crippen LogP contribution in [0.2, 0.25) is 0 Å². The first-order valence-corrected chi connectivity index (χ1v) is 6.63. The van der Waals surface area contributed by atoms with E-state index in [4.69, 9.17) is 5.73 Å². The van der Waals surface area contributed by atoms with Gasteiger partial charge in [0.25, 0.3) is 0 Å². The molecule has 0 amide bonds. The molecule has 0 aromatic carbocycles. The lowest BCUT2D eigenvalue weighted by molar-refractivity contribution is 0.350. The zero-order valence-electron chi connectivity index (χ0n) is 10.9. The Hall–Kier alpha value is -0.480. The predicted octanol–water partition coefficient (Wildman–Crippen LogP) is 2.66. The molecule has 0 aliphatic carbocycles. The van der Waals surface area contributed by atoms with Crippen molar-refractivity contribution >= 4 is 11.8 Å². The third kappa shape index (κ3) is 3.52. The number of rotatable bonds is 4. The van der Waals surface area contributed by atoms with Gasteiger partial charge >= 0.3 is 0 Å². The van der Waals surface area contributed by atoms with Crippen LogP contribution in [-0.2, 0) is 7.05 Å². The van der Waals surface area contributed by atoms with Gasteiger partial charge in [0.2, 0.25) is 0 Å². The molecule has 4 heteroatoms. The number of aromatic nitrogens is 2. The summed E-state index contributed by atoms with van der Waals surface area (Å²) in [6, 6.07) is 0.227. The number of nitrogens with zero attached hydrogens (tertiary/aromatic N) is 2. The normalized spacial score (nSPS) is 16.1. The van der Waals surface area contributed by atoms with E-state index < -0.39 is 0 Å². The van der Waals surface area contributed by atoms with Gasteiger partial charge in [-0.2, -0.15) is 5.10 Å². The van der Waals surface area contributed by atoms with E-state index >= 15 is 0 Å². The van der Waals surface area contributed by atoms with Crippen molar-refractivity contribution in [3.63, 3.8) is 0 Å². The summed E-state index contributed by atoms with van der Waals surface area (Å²) in [5.74, 6) is 0. The van der Waals surface area contributed by atoms with Crippen LogP contribution in [0.25, 0.3) is 0 Å². The van der Waals surface area contributed by atoms with E-state index in [0.29, 0.717) is 5.25 Å². The second-order valence-electron chi connectivity index (χ2n) is 5.33. The van der Waals surface area contributed by atoms with E-state index in [2.05, 4.69) is 32.8 Å². The van der Waals surface area contributed by atoms with E-state index in [9.17, 15) is 0 Å². The molecular formula is C12H23N3S. The van der Waals surface area contributed by atoms with Gasteiger partial charge in [-0.3, -0.25) is 4.68 Å². The maximum atomic E-state index is 6.21. The molecule has 0 spiro atoms. The van der Waals surface area contributed by atoms with Crippen LogP contribution in [-0.4, -0.2) is 21.1 Å². The highest BCUT2D eigenvalue weighted by molar-refractivity contribution is 8.00. The SMILES string of the molecule is CCC(N)C(Sc1cnn(C)c1)C(C)(C)C. The lowest BCUT2D eigenvalue weighted by atomic mass is 9.87. The Labute approximate surface area is 103 Å². The molecule has 0 saturated carbocycles. The minimum absolute atomic E-state index is 0.204. The van der Waals surface area contributed by atoms with Gasteiger partial charge in [-0.1, -0.05) is 27.7 Å². The Balaban J connectivity index is 2.79. The molecule has 0 fully saturated rings. The number of hydrogen-bond acceptors (Lipinski definition) is 3. The van der Waals surface area contributed by atoms with E-state index in [-0.39, 0.29) is 11.5 Å². The molecule has 0 saturated heterocycles. The van der Waals surface area contributed by atoms with Gasteiger partial charge in [-0.05, 0) is 11.8 Å². The van der Waals surface area contributed by atoms with Crippen LogP contribution in [0.4, 0.5) is 0 Å². The van der Waals surface area contributed by atoms with Crippen LogP contribution in [0.15, 0.2) is 17.3 Å². The van der Waals surface area contributed by atoms with Gasteiger partial charge in [0.15, 0.2) is 0 Å². The van der Waals surface area contributed by atoms with E-state index in [0.717, 1.165) is 6.42 Å². The highest BCUT2D eigenvalue weighted by Gasteiger charge is 2.30. The molecular weight excluding hydrogens is 218 g/mol. The van der Waals surface area contributed by atoms with Gasteiger partial charge in [0.05, 0.1) is 6.20 Å². The average molecular weight is 241 g/mol. The maximum Gasteiger partial charge on any atom is 0.0625 e. The van der Waals surface area contributed by atoms with E-state index in [1.165, 1.54) is 4.90 Å². The fourth-order valence-corrected chi connectivity index (χ4v) is 3.06. The Morgan fingerprint density at radius 1 is 1.50 bits per heavy atom. The summed E-state index contributed by atoms with van der Waals surface area (Å²) < 4.78 is 1.83. The van der Waals surface area contributed by atoms with Crippen molar-refractivity contribution in [2.24, 2.45) is 18.2 Å². The van der Waals surface area contributed by atoms with Gasteiger partial charge in [0.1, 0.15) is 0 Å². The highest BCUT2D eigenvalue weighted by Crippen LogP contribution is 2.37. The van der Waals surface area contributed by atoms with Crippen LogP contribution < -0.4 is 5.73 Å². The monoisotopic (exact) mass is 241 g/mol. The summed E-state index contributed by atoms with van der Waals surface area (Å²) in [4.78, 5) is 1.20. The van der Waals surface area contributed by atoms with Crippen molar-refractivity contribution in [2.75, 3.05) is 0 Å². The summed E-state index contributed by atoms with van der Waals surface area (Å²) in [6.07, 6.45) is 4.97. The molecule has 1 rings (SSSR count). The molecule has 92 valence electrons. The molecule has 0 aliphatic heterocycles. The van der Waals surface area contributed by atoms with Crippen LogP contribution >= 0.6 is 11.8 Å². The molecule has 0 bridgehead atoms. The zero-order chi connectivity index (χ0) is 12.3. The number of aryl methyl sites for hydroxylation is 1. The first kappa shape index (κ1) is 13.6. The average Bonchev–Trinajstić information content (AvgIpc) is 2.57. The summed E-state index contributed by atoms with van der Waals surface area (Å²) in [5.41, 5.74) is 6.41. The maximum absolute atomic E-state index is 6.21. The van der Waals surface area contributed by atoms with E-state index in [1.807, 2.05) is 35.9 Å². The molecule has 1 aromatic heterocycles. The zero-order valence-corrected chi connectivity index (χ0v) is 11.7. The van der Waals surface area contributed by atoms with Crippen LogP contribution in [0.3, 0.4) is 0 Å². The van der Waals surface area contributed by atoms with Crippen molar-refractivity contribution in [1.82, 2.24) is 9.78 Å². The fraction of sp³-hybridized carbons (Fsp3) is 0.750. The molecule has 3 nitrogen and oxygen atoms in total. The predicted molar refractivity (Wildman–Crippen MR) is 70.6 cm³/mol. The van der Waals surface area contributed by atoms with Crippen LogP contribution in [0.1, 0.15) is 34.1 Å². The lowest BCUT2D eigenvalue weighted by Gasteiger charge is -2.34. The van der Waals surface area contributed by atoms with Crippen molar-refractivity contribution in [2.45, 2.75) is 50.3 Å². The highest BCUT2D eigenvalue weighted by atomic mass is 32.2. The van der Waals surface area contributed by atoms with Crippen LogP contribution in [0, 0.1) is 5.41 Å². The topological polar surface area (TPSA) is 43.8 Å². The molecule has 0 radical (unpaired) electrons. The molecule has 0 aliphatic rings. The van der Waals surface area contributed by atoms with Crippen molar-refractivity contribution < 1.29 is 0 Å². The Kier molecular flexibility index (Phi) is 4.44. The summed E-state index contributed by atoms with van der Waals surface area (Å²) in [5, 5.41) is 4.61. The third-order valence-corrected chi connectivity index (χ3v) is 4.45. The number of nitrogens with two attached hydrogens (primary N) is 1. The van der Waals surface area contributed by atoms with Crippen LogP contribution in [0.5, 0.6) is 0 Å². The fourth-order valence-electron chi connectivity index (χ4n) is 1.73. The Morgan fingerprint density at radius 2 is 2.12 bits per heavy atom. The Bertz CT molecular complexity index is 327. The molecule has 1 heterocycles. The lowest BCUT2D eigenvalue weighted by Crippen LogP contribution is -2.40. The number of hydrogen-bond donors (Lipinski definition) is 1. The quantitative estimate of drug-likeness (QED) is 0.824. The van der Waals surface area contributed by atoms with Gasteiger partial charge in [-0.15, -0.1) is 11.8 Å². The standard InChI is InChI=1S/C12H23N3S/c1-6-10(13)11(12(2,3)4)16-9-7-14-15(5)8-9/h7-8,10-11H,6,13H2,1-5H3. The molecule has 16 heavy (non-hydrogen) atoms.